The van der Waals surface area contributed by atoms with Crippen molar-refractivity contribution in [3.05, 3.63) is 12.7 Å². The molecule has 0 aliphatic heterocycles. The number of quaternary nitrogens is 1. The Morgan fingerprint density at radius 3 is 2.31 bits per heavy atom. The van der Waals surface area contributed by atoms with Gasteiger partial charge in [0.05, 0.1) is 14.1 Å². The molecule has 3 nitrogen and oxygen atoms in total. The highest BCUT2D eigenvalue weighted by molar-refractivity contribution is 5.92. The van der Waals surface area contributed by atoms with Crippen LogP contribution in [0.15, 0.2) is 12.7 Å². The van der Waals surface area contributed by atoms with Crippen molar-refractivity contribution in [3.8, 4) is 0 Å². The molecule has 0 fully saturated rings. The van der Waals surface area contributed by atoms with Gasteiger partial charge in [-0.1, -0.05) is 6.58 Å². The van der Waals surface area contributed by atoms with Crippen molar-refractivity contribution in [1.29, 1.82) is 0 Å². The van der Waals surface area contributed by atoms with E-state index in [-0.39, 0.29) is 24.2 Å². The molecule has 13 heavy (non-hydrogen) atoms. The van der Waals surface area contributed by atoms with E-state index >= 15 is 0 Å². The standard InChI is InChI=1S/C9H16NO2.ClH/c1-5-9(12)8(2)10(3,4)6-7-11;/h5,7-8H,1,6H2,2-4H3;1H/q+1;/p-1. The molecule has 0 saturated carbocycles. The van der Waals surface area contributed by atoms with Crippen LogP contribution in [0.3, 0.4) is 0 Å². The maximum Gasteiger partial charge on any atom is 0.211 e. The molecular formula is C9H16ClNO2. The largest absolute Gasteiger partial charge is 1.00 e. The normalized spacial score (nSPS) is 12.5. The summed E-state index contributed by atoms with van der Waals surface area (Å²) in [6, 6.07) is -0.201. The van der Waals surface area contributed by atoms with Crippen LogP contribution in [-0.4, -0.2) is 43.2 Å². The Balaban J connectivity index is 0. The van der Waals surface area contributed by atoms with Crippen LogP contribution >= 0.6 is 0 Å². The molecule has 0 aromatic rings. The van der Waals surface area contributed by atoms with Gasteiger partial charge in [-0.2, -0.15) is 0 Å². The van der Waals surface area contributed by atoms with Crippen molar-refractivity contribution in [3.63, 3.8) is 0 Å². The molecule has 76 valence electrons. The average Bonchev–Trinajstić information content (AvgIpc) is 2.01. The number of hydrogen-bond acceptors (Lipinski definition) is 2. The number of carbonyl (C=O) groups is 2. The van der Waals surface area contributed by atoms with Crippen LogP contribution in [0.5, 0.6) is 0 Å². The molecule has 0 radical (unpaired) electrons. The highest BCUT2D eigenvalue weighted by Gasteiger charge is 2.27. The summed E-state index contributed by atoms with van der Waals surface area (Å²) >= 11 is 0. The van der Waals surface area contributed by atoms with E-state index in [1.54, 1.807) is 6.92 Å². The second kappa shape index (κ2) is 5.89. The molecule has 0 spiro atoms. The number of rotatable bonds is 5. The summed E-state index contributed by atoms with van der Waals surface area (Å²) in [7, 11) is 3.70. The molecule has 0 N–H and O–H groups in total. The highest BCUT2D eigenvalue weighted by Crippen LogP contribution is 2.06. The third kappa shape index (κ3) is 4.20. The zero-order valence-electron chi connectivity index (χ0n) is 8.29. The molecule has 0 aliphatic rings. The predicted molar refractivity (Wildman–Crippen MR) is 47.7 cm³/mol. The number of hydrogen-bond donors (Lipinski definition) is 0. The third-order valence-corrected chi connectivity index (χ3v) is 2.21. The van der Waals surface area contributed by atoms with Crippen LogP contribution in [0, 0.1) is 0 Å². The van der Waals surface area contributed by atoms with Gasteiger partial charge in [0.25, 0.3) is 0 Å². The molecule has 0 aromatic heterocycles. The molecule has 0 amide bonds. The number of ketones is 1. The Morgan fingerprint density at radius 2 is 2.00 bits per heavy atom. The van der Waals surface area contributed by atoms with Crippen LogP contribution in [0.1, 0.15) is 6.92 Å². The van der Waals surface area contributed by atoms with Gasteiger partial charge in [-0.25, -0.2) is 0 Å². The van der Waals surface area contributed by atoms with Gasteiger partial charge in [-0.05, 0) is 13.0 Å². The van der Waals surface area contributed by atoms with Crippen LogP contribution in [-0.2, 0) is 9.59 Å². The van der Waals surface area contributed by atoms with E-state index in [0.29, 0.717) is 11.0 Å². The Labute approximate surface area is 85.4 Å². The number of aldehydes is 1. The summed E-state index contributed by atoms with van der Waals surface area (Å²) in [6.07, 6.45) is 2.13. The number of nitrogens with zero attached hydrogens (tertiary/aromatic N) is 1. The minimum Gasteiger partial charge on any atom is -1.00 e. The molecule has 0 aliphatic carbocycles. The van der Waals surface area contributed by atoms with E-state index in [4.69, 9.17) is 0 Å². The molecule has 0 aromatic carbocycles. The topological polar surface area (TPSA) is 34.1 Å². The fourth-order valence-electron chi connectivity index (χ4n) is 0.865. The van der Waals surface area contributed by atoms with Gasteiger partial charge in [-0.3, -0.25) is 9.59 Å². The van der Waals surface area contributed by atoms with Gasteiger partial charge >= 0.3 is 0 Å². The molecule has 4 heteroatoms. The van der Waals surface area contributed by atoms with Crippen molar-refractivity contribution < 1.29 is 26.5 Å². The van der Waals surface area contributed by atoms with Gasteiger partial charge in [0.15, 0.2) is 6.29 Å². The molecule has 0 bridgehead atoms. The minimum atomic E-state index is -0.201. The van der Waals surface area contributed by atoms with Crippen LogP contribution < -0.4 is 12.4 Å². The van der Waals surface area contributed by atoms with Crippen molar-refractivity contribution >= 4 is 12.1 Å². The van der Waals surface area contributed by atoms with E-state index in [0.717, 1.165) is 6.29 Å². The molecular weight excluding hydrogens is 190 g/mol. The van der Waals surface area contributed by atoms with Gasteiger partial charge in [0.1, 0.15) is 12.6 Å². The van der Waals surface area contributed by atoms with Gasteiger partial charge in [0, 0.05) is 0 Å². The molecule has 1 unspecified atom stereocenters. The summed E-state index contributed by atoms with van der Waals surface area (Å²) in [4.78, 5) is 21.5. The fraction of sp³-hybridized carbons (Fsp3) is 0.556. The van der Waals surface area contributed by atoms with Crippen molar-refractivity contribution in [2.75, 3.05) is 20.6 Å². The Kier molecular flexibility index (Phi) is 6.72. The summed E-state index contributed by atoms with van der Waals surface area (Å²) in [5.41, 5.74) is 0. The number of carbonyl (C=O) groups excluding carboxylic acids is 2. The first-order valence-electron chi connectivity index (χ1n) is 3.88. The first-order valence-corrected chi connectivity index (χ1v) is 3.88. The van der Waals surface area contributed by atoms with Crippen molar-refractivity contribution in [2.45, 2.75) is 13.0 Å². The lowest BCUT2D eigenvalue weighted by atomic mass is 10.1. The minimum absolute atomic E-state index is 0. The summed E-state index contributed by atoms with van der Waals surface area (Å²) in [5.74, 6) is -0.0261. The smallest absolute Gasteiger partial charge is 0.211 e. The van der Waals surface area contributed by atoms with E-state index in [2.05, 4.69) is 6.58 Å². The Bertz CT molecular complexity index is 202. The fourth-order valence-corrected chi connectivity index (χ4v) is 0.865. The van der Waals surface area contributed by atoms with Gasteiger partial charge in [-0.15, -0.1) is 0 Å². The van der Waals surface area contributed by atoms with E-state index in [9.17, 15) is 9.59 Å². The Morgan fingerprint density at radius 1 is 1.54 bits per heavy atom. The second-order valence-corrected chi connectivity index (χ2v) is 3.41. The van der Waals surface area contributed by atoms with E-state index in [1.807, 2.05) is 14.1 Å². The lowest BCUT2D eigenvalue weighted by Gasteiger charge is -2.32. The summed E-state index contributed by atoms with van der Waals surface area (Å²) < 4.78 is 0.383. The van der Waals surface area contributed by atoms with Crippen molar-refractivity contribution in [1.82, 2.24) is 0 Å². The van der Waals surface area contributed by atoms with Crippen LogP contribution in [0.4, 0.5) is 0 Å². The SMILES string of the molecule is C=CC(=O)C(C)[N+](C)(C)CC=O.[Cl-]. The van der Waals surface area contributed by atoms with Crippen molar-refractivity contribution in [2.24, 2.45) is 0 Å². The van der Waals surface area contributed by atoms with E-state index < -0.39 is 0 Å². The molecule has 1 atom stereocenters. The maximum absolute atomic E-state index is 11.2. The first kappa shape index (κ1) is 14.8. The zero-order chi connectivity index (χ0) is 9.78. The third-order valence-electron chi connectivity index (χ3n) is 2.21. The molecule has 0 rings (SSSR count). The lowest BCUT2D eigenvalue weighted by molar-refractivity contribution is -0.895. The predicted octanol–water partition coefficient (Wildman–Crippen LogP) is -2.59. The zero-order valence-corrected chi connectivity index (χ0v) is 9.04. The summed E-state index contributed by atoms with van der Waals surface area (Å²) in [5, 5.41) is 0. The average molecular weight is 206 g/mol. The Hall–Kier alpha value is -0.670. The van der Waals surface area contributed by atoms with Crippen LogP contribution in [0.2, 0.25) is 0 Å². The monoisotopic (exact) mass is 205 g/mol. The molecule has 0 heterocycles. The maximum atomic E-state index is 11.2. The first-order chi connectivity index (χ1) is 5.45. The quantitative estimate of drug-likeness (QED) is 0.281. The summed E-state index contributed by atoms with van der Waals surface area (Å²) in [6.45, 7) is 5.55. The number of halogens is 1. The van der Waals surface area contributed by atoms with Gasteiger partial charge < -0.3 is 16.9 Å². The van der Waals surface area contributed by atoms with Gasteiger partial charge in [0.2, 0.25) is 5.78 Å². The second-order valence-electron chi connectivity index (χ2n) is 3.41. The highest BCUT2D eigenvalue weighted by atomic mass is 35.5. The molecule has 0 saturated heterocycles. The van der Waals surface area contributed by atoms with Crippen LogP contribution in [0.25, 0.3) is 0 Å². The van der Waals surface area contributed by atoms with E-state index in [1.165, 1.54) is 6.08 Å². The lowest BCUT2D eigenvalue weighted by Crippen LogP contribution is -3.00. The number of likely N-dealkylation sites (N-methyl/N-ethyl adjacent to an activating group) is 1.